The normalized spacial score (nSPS) is 15.4. The van der Waals surface area contributed by atoms with Gasteiger partial charge in [0, 0.05) is 7.11 Å². The van der Waals surface area contributed by atoms with Crippen LogP contribution in [-0.2, 0) is 13.9 Å². The van der Waals surface area contributed by atoms with Gasteiger partial charge in [0.25, 0.3) is 0 Å². The van der Waals surface area contributed by atoms with E-state index in [1.165, 1.54) is 0 Å². The van der Waals surface area contributed by atoms with Crippen LogP contribution in [0.25, 0.3) is 0 Å². The Morgan fingerprint density at radius 1 is 1.25 bits per heavy atom. The van der Waals surface area contributed by atoms with Crippen LogP contribution in [-0.4, -0.2) is 28.3 Å². The molecule has 0 radical (unpaired) electrons. The van der Waals surface area contributed by atoms with E-state index in [-0.39, 0.29) is 17.9 Å². The Hall–Kier alpha value is -0.323. The molecule has 4 heteroatoms. The Balaban J connectivity index is 4.13. The predicted octanol–water partition coefficient (Wildman–Crippen LogP) is 3.53. The van der Waals surface area contributed by atoms with Crippen molar-refractivity contribution in [3.8, 4) is 0 Å². The van der Waals surface area contributed by atoms with Gasteiger partial charge in [-0.3, -0.25) is 0 Å². The van der Waals surface area contributed by atoms with E-state index >= 15 is 0 Å². The Labute approximate surface area is 101 Å². The highest BCUT2D eigenvalue weighted by Gasteiger charge is 2.37. The highest BCUT2D eigenvalue weighted by molar-refractivity contribution is 6.74. The third-order valence-corrected chi connectivity index (χ3v) is 7.49. The summed E-state index contributed by atoms with van der Waals surface area (Å²) in [5, 5.41) is 0.239. The lowest BCUT2D eigenvalue weighted by Crippen LogP contribution is -2.42. The molecule has 0 amide bonds. The maximum atomic E-state index is 6.11. The van der Waals surface area contributed by atoms with Crippen LogP contribution in [0.3, 0.4) is 0 Å². The molecule has 0 aromatic heterocycles. The molecule has 0 saturated heterocycles. The van der Waals surface area contributed by atoms with E-state index in [9.17, 15) is 0 Å². The zero-order valence-corrected chi connectivity index (χ0v) is 12.7. The van der Waals surface area contributed by atoms with Gasteiger partial charge < -0.3 is 13.9 Å². The molecule has 96 valence electrons. The van der Waals surface area contributed by atoms with Crippen molar-refractivity contribution in [2.75, 3.05) is 13.9 Å². The second kappa shape index (κ2) is 6.42. The molecule has 0 heterocycles. The molecule has 3 nitrogen and oxygen atoms in total. The van der Waals surface area contributed by atoms with E-state index in [1.54, 1.807) is 13.4 Å². The van der Waals surface area contributed by atoms with Crippen LogP contribution in [0.5, 0.6) is 0 Å². The standard InChI is InChI=1S/C12H26O3Si/c1-11(8-9-14-10-13-5)15-16(6,7)12(2,3)4/h8-9,11H,10H2,1-7H3. The molecular formula is C12H26O3Si. The fraction of sp³-hybridized carbons (Fsp3) is 0.833. The predicted molar refractivity (Wildman–Crippen MR) is 69.8 cm³/mol. The molecule has 0 aromatic carbocycles. The molecular weight excluding hydrogens is 220 g/mol. The summed E-state index contributed by atoms with van der Waals surface area (Å²) in [4.78, 5) is 0. The van der Waals surface area contributed by atoms with Crippen molar-refractivity contribution in [3.63, 3.8) is 0 Å². The summed E-state index contributed by atoms with van der Waals surface area (Å²) >= 11 is 0. The number of hydrogen-bond donors (Lipinski definition) is 0. The van der Waals surface area contributed by atoms with Crippen LogP contribution in [0, 0.1) is 0 Å². The van der Waals surface area contributed by atoms with Gasteiger partial charge in [0.1, 0.15) is 0 Å². The van der Waals surface area contributed by atoms with Crippen molar-refractivity contribution >= 4 is 8.32 Å². The van der Waals surface area contributed by atoms with Crippen LogP contribution in [0.15, 0.2) is 12.3 Å². The number of hydrogen-bond acceptors (Lipinski definition) is 3. The van der Waals surface area contributed by atoms with Gasteiger partial charge in [0.05, 0.1) is 12.4 Å². The lowest BCUT2D eigenvalue weighted by Gasteiger charge is -2.37. The summed E-state index contributed by atoms with van der Waals surface area (Å²) in [7, 11) is -0.0739. The summed E-state index contributed by atoms with van der Waals surface area (Å²) in [5.74, 6) is 0. The molecule has 1 atom stereocenters. The van der Waals surface area contributed by atoms with Gasteiger partial charge in [-0.1, -0.05) is 20.8 Å². The van der Waals surface area contributed by atoms with Crippen molar-refractivity contribution in [2.45, 2.75) is 51.9 Å². The van der Waals surface area contributed by atoms with Crippen LogP contribution in [0.1, 0.15) is 27.7 Å². The summed E-state index contributed by atoms with van der Waals surface area (Å²) in [6.45, 7) is 13.5. The SMILES string of the molecule is COCOC=CC(C)O[Si](C)(C)C(C)(C)C. The monoisotopic (exact) mass is 246 g/mol. The van der Waals surface area contributed by atoms with Gasteiger partial charge >= 0.3 is 0 Å². The third-order valence-electron chi connectivity index (χ3n) is 2.92. The van der Waals surface area contributed by atoms with E-state index in [0.29, 0.717) is 0 Å². The first kappa shape index (κ1) is 15.7. The lowest BCUT2D eigenvalue weighted by molar-refractivity contribution is 0.0189. The van der Waals surface area contributed by atoms with Crippen LogP contribution in [0.2, 0.25) is 18.1 Å². The molecule has 1 unspecified atom stereocenters. The molecule has 0 saturated carbocycles. The Kier molecular flexibility index (Phi) is 6.29. The van der Waals surface area contributed by atoms with Crippen molar-refractivity contribution in [1.82, 2.24) is 0 Å². The Morgan fingerprint density at radius 3 is 2.25 bits per heavy atom. The fourth-order valence-electron chi connectivity index (χ4n) is 0.954. The molecule has 0 aliphatic carbocycles. The molecule has 0 bridgehead atoms. The van der Waals surface area contributed by atoms with Gasteiger partial charge in [0.15, 0.2) is 15.1 Å². The van der Waals surface area contributed by atoms with Gasteiger partial charge in [-0.25, -0.2) is 0 Å². The van der Waals surface area contributed by atoms with Crippen molar-refractivity contribution < 1.29 is 13.9 Å². The summed E-state index contributed by atoms with van der Waals surface area (Å²) in [6.07, 6.45) is 3.64. The first-order valence-corrected chi connectivity index (χ1v) is 8.56. The van der Waals surface area contributed by atoms with Gasteiger partial charge in [-0.15, -0.1) is 0 Å². The fourth-order valence-corrected chi connectivity index (χ4v) is 2.32. The molecule has 0 aliphatic rings. The average Bonchev–Trinajstić information content (AvgIpc) is 2.10. The van der Waals surface area contributed by atoms with Gasteiger partial charge in [-0.05, 0) is 31.1 Å². The Bertz CT molecular complexity index is 219. The molecule has 16 heavy (non-hydrogen) atoms. The Morgan fingerprint density at radius 2 is 1.81 bits per heavy atom. The minimum Gasteiger partial charge on any atom is -0.475 e. The first-order chi connectivity index (χ1) is 7.20. The summed E-state index contributed by atoms with van der Waals surface area (Å²) < 4.78 is 16.0. The van der Waals surface area contributed by atoms with E-state index in [2.05, 4.69) is 33.9 Å². The number of methoxy groups -OCH3 is 1. The summed E-state index contributed by atoms with van der Waals surface area (Å²) in [6, 6.07) is 0. The largest absolute Gasteiger partial charge is 0.475 e. The van der Waals surface area contributed by atoms with E-state index in [4.69, 9.17) is 13.9 Å². The van der Waals surface area contributed by atoms with E-state index in [1.807, 2.05) is 13.0 Å². The van der Waals surface area contributed by atoms with Crippen molar-refractivity contribution in [2.24, 2.45) is 0 Å². The number of rotatable bonds is 6. The maximum absolute atomic E-state index is 6.11. The zero-order chi connectivity index (χ0) is 12.8. The molecule has 0 aromatic rings. The molecule has 0 spiro atoms. The number of ether oxygens (including phenoxy) is 2. The lowest BCUT2D eigenvalue weighted by atomic mass is 10.2. The smallest absolute Gasteiger partial charge is 0.192 e. The van der Waals surface area contributed by atoms with Gasteiger partial charge in [-0.2, -0.15) is 0 Å². The van der Waals surface area contributed by atoms with Crippen LogP contribution in [0.4, 0.5) is 0 Å². The topological polar surface area (TPSA) is 27.7 Å². The maximum Gasteiger partial charge on any atom is 0.192 e. The quantitative estimate of drug-likeness (QED) is 0.310. The first-order valence-electron chi connectivity index (χ1n) is 5.66. The molecule has 0 rings (SSSR count). The average molecular weight is 246 g/mol. The molecule has 0 fully saturated rings. The third kappa shape index (κ3) is 5.68. The molecule has 0 N–H and O–H groups in total. The highest BCUT2D eigenvalue weighted by Crippen LogP contribution is 2.37. The van der Waals surface area contributed by atoms with Crippen LogP contribution >= 0.6 is 0 Å². The second-order valence-electron chi connectivity index (χ2n) is 5.49. The zero-order valence-electron chi connectivity index (χ0n) is 11.7. The minimum absolute atomic E-state index is 0.0812. The van der Waals surface area contributed by atoms with Gasteiger partial charge in [0.2, 0.25) is 0 Å². The van der Waals surface area contributed by atoms with E-state index < -0.39 is 8.32 Å². The van der Waals surface area contributed by atoms with Crippen molar-refractivity contribution in [1.29, 1.82) is 0 Å². The second-order valence-corrected chi connectivity index (χ2v) is 10.2. The minimum atomic E-state index is -1.67. The highest BCUT2D eigenvalue weighted by atomic mass is 28.4. The van der Waals surface area contributed by atoms with Crippen molar-refractivity contribution in [3.05, 3.63) is 12.3 Å². The van der Waals surface area contributed by atoms with E-state index in [0.717, 1.165) is 0 Å². The molecule has 0 aliphatic heterocycles. The summed E-state index contributed by atoms with van der Waals surface area (Å²) in [5.41, 5.74) is 0. The van der Waals surface area contributed by atoms with Crippen LogP contribution < -0.4 is 0 Å².